The Kier molecular flexibility index (Phi) is 4.55. The number of aromatic nitrogens is 2. The summed E-state index contributed by atoms with van der Waals surface area (Å²) in [5.74, 6) is 0.681. The van der Waals surface area contributed by atoms with E-state index in [1.807, 2.05) is 66.7 Å². The van der Waals surface area contributed by atoms with Crippen molar-refractivity contribution in [3.05, 3.63) is 94.5 Å². The molecule has 31 heavy (non-hydrogen) atoms. The Hall–Kier alpha value is -3.93. The molecule has 0 saturated carbocycles. The van der Waals surface area contributed by atoms with Gasteiger partial charge in [0.1, 0.15) is 11.6 Å². The molecule has 0 saturated heterocycles. The van der Waals surface area contributed by atoms with E-state index < -0.39 is 5.92 Å². The molecule has 0 aliphatic carbocycles. The first-order valence-corrected chi connectivity index (χ1v) is 10.1. The highest BCUT2D eigenvalue weighted by molar-refractivity contribution is 6.04. The zero-order valence-electron chi connectivity index (χ0n) is 17.3. The molecule has 0 spiro atoms. The normalized spacial score (nSPS) is 15.4. The lowest BCUT2D eigenvalue weighted by Gasteiger charge is -2.18. The largest absolute Gasteiger partial charge is 0.495 e. The topological polar surface area (TPSA) is 64.4 Å². The van der Waals surface area contributed by atoms with Crippen molar-refractivity contribution >= 4 is 22.5 Å². The predicted octanol–water partition coefficient (Wildman–Crippen LogP) is 3.70. The Morgan fingerprint density at radius 3 is 2.39 bits per heavy atom. The molecule has 154 valence electrons. The van der Waals surface area contributed by atoms with E-state index in [9.17, 15) is 9.59 Å². The molecule has 0 unspecified atom stereocenters. The molecule has 2 heterocycles. The van der Waals surface area contributed by atoms with E-state index in [0.717, 1.165) is 11.3 Å². The van der Waals surface area contributed by atoms with Gasteiger partial charge in [-0.2, -0.15) is 0 Å². The Bertz CT molecular complexity index is 1380. The summed E-state index contributed by atoms with van der Waals surface area (Å²) in [5.41, 5.74) is 2.88. The molecule has 6 nitrogen and oxygen atoms in total. The zero-order valence-corrected chi connectivity index (χ0v) is 17.3. The smallest absolute Gasteiger partial charge is 0.266 e. The van der Waals surface area contributed by atoms with Crippen molar-refractivity contribution in [3.63, 3.8) is 0 Å². The van der Waals surface area contributed by atoms with Crippen LogP contribution in [0.2, 0.25) is 0 Å². The van der Waals surface area contributed by atoms with Crippen LogP contribution in [0.3, 0.4) is 0 Å². The molecule has 1 aliphatic rings. The summed E-state index contributed by atoms with van der Waals surface area (Å²) in [4.78, 5) is 33.1. The summed E-state index contributed by atoms with van der Waals surface area (Å²) < 4.78 is 7.10. The van der Waals surface area contributed by atoms with Gasteiger partial charge in [-0.05, 0) is 35.9 Å². The molecule has 0 N–H and O–H groups in total. The van der Waals surface area contributed by atoms with Crippen molar-refractivity contribution in [2.75, 3.05) is 19.1 Å². The number of ether oxygens (including phenoxy) is 1. The standard InChI is InChI=1S/C25H21N3O3/c1-27-20-12-6-4-9-16(20)18(24(27)29)15-23-26-19-11-5-3-10-17(19)25(30)28(23)21-13-7-8-14-22(21)31-2/h3-14,18H,15H2,1-2H3/t18-/m1/s1. The molecule has 4 aromatic rings. The average molecular weight is 411 g/mol. The maximum atomic E-state index is 13.6. The number of rotatable bonds is 4. The molecule has 5 rings (SSSR count). The first kappa shape index (κ1) is 19.1. The van der Waals surface area contributed by atoms with Gasteiger partial charge in [-0.25, -0.2) is 4.98 Å². The summed E-state index contributed by atoms with van der Waals surface area (Å²) in [7, 11) is 3.35. The van der Waals surface area contributed by atoms with Gasteiger partial charge in [-0.1, -0.05) is 42.5 Å². The molecule has 1 aromatic heterocycles. The number of carbonyl (C=O) groups excluding carboxylic acids is 1. The Morgan fingerprint density at radius 1 is 0.903 bits per heavy atom. The zero-order chi connectivity index (χ0) is 21.5. The number of hydrogen-bond acceptors (Lipinski definition) is 4. The van der Waals surface area contributed by atoms with Gasteiger partial charge in [0.2, 0.25) is 5.91 Å². The molecular formula is C25H21N3O3. The lowest BCUT2D eigenvalue weighted by atomic mass is 9.96. The van der Waals surface area contributed by atoms with E-state index >= 15 is 0 Å². The minimum Gasteiger partial charge on any atom is -0.495 e. The summed E-state index contributed by atoms with van der Waals surface area (Å²) >= 11 is 0. The van der Waals surface area contributed by atoms with E-state index in [2.05, 4.69) is 0 Å². The maximum Gasteiger partial charge on any atom is 0.266 e. The van der Waals surface area contributed by atoms with Gasteiger partial charge in [0.25, 0.3) is 5.56 Å². The molecule has 6 heteroatoms. The van der Waals surface area contributed by atoms with Crippen molar-refractivity contribution in [2.24, 2.45) is 0 Å². The van der Waals surface area contributed by atoms with E-state index in [0.29, 0.717) is 34.6 Å². The number of methoxy groups -OCH3 is 1. The van der Waals surface area contributed by atoms with Crippen LogP contribution >= 0.6 is 0 Å². The lowest BCUT2D eigenvalue weighted by Crippen LogP contribution is -2.29. The third-order valence-electron chi connectivity index (χ3n) is 5.86. The molecule has 0 fully saturated rings. The highest BCUT2D eigenvalue weighted by Gasteiger charge is 2.36. The number of amides is 1. The van der Waals surface area contributed by atoms with Crippen LogP contribution < -0.4 is 15.2 Å². The first-order valence-electron chi connectivity index (χ1n) is 10.1. The van der Waals surface area contributed by atoms with Crippen LogP contribution in [0.4, 0.5) is 5.69 Å². The highest BCUT2D eigenvalue weighted by atomic mass is 16.5. The maximum absolute atomic E-state index is 13.6. The fourth-order valence-electron chi connectivity index (χ4n) is 4.33. The number of benzene rings is 3. The third-order valence-corrected chi connectivity index (χ3v) is 5.86. The Balaban J connectivity index is 1.74. The van der Waals surface area contributed by atoms with E-state index in [-0.39, 0.29) is 11.5 Å². The van der Waals surface area contributed by atoms with E-state index in [4.69, 9.17) is 9.72 Å². The van der Waals surface area contributed by atoms with E-state index in [1.165, 1.54) is 0 Å². The van der Waals surface area contributed by atoms with Crippen molar-refractivity contribution < 1.29 is 9.53 Å². The van der Waals surface area contributed by atoms with Crippen LogP contribution in [-0.2, 0) is 11.2 Å². The fourth-order valence-corrected chi connectivity index (χ4v) is 4.33. The van der Waals surface area contributed by atoms with E-state index in [1.54, 1.807) is 29.7 Å². The summed E-state index contributed by atoms with van der Waals surface area (Å²) in [5, 5.41) is 0.521. The molecule has 3 aromatic carbocycles. The van der Waals surface area contributed by atoms with Gasteiger partial charge in [0, 0.05) is 19.2 Å². The van der Waals surface area contributed by atoms with Gasteiger partial charge >= 0.3 is 0 Å². The van der Waals surface area contributed by atoms with Gasteiger partial charge in [-0.3, -0.25) is 14.2 Å². The Labute approximate surface area is 179 Å². The summed E-state index contributed by atoms with van der Waals surface area (Å²) in [6.45, 7) is 0. The molecule has 1 atom stereocenters. The van der Waals surface area contributed by atoms with Crippen LogP contribution in [-0.4, -0.2) is 29.6 Å². The molecule has 0 bridgehead atoms. The molecule has 1 aliphatic heterocycles. The summed E-state index contributed by atoms with van der Waals surface area (Å²) in [6.07, 6.45) is 0.304. The fraction of sp³-hybridized carbons (Fsp3) is 0.160. The SMILES string of the molecule is COc1ccccc1-n1c(C[C@H]2C(=O)N(C)c3ccccc32)nc2ccccc2c1=O. The number of anilines is 1. The van der Waals surface area contributed by atoms with Gasteiger partial charge in [0.15, 0.2) is 0 Å². The van der Waals surface area contributed by atoms with Crippen molar-refractivity contribution in [1.29, 1.82) is 0 Å². The van der Waals surface area contributed by atoms with Crippen molar-refractivity contribution in [2.45, 2.75) is 12.3 Å². The van der Waals surface area contributed by atoms with Crippen molar-refractivity contribution in [1.82, 2.24) is 9.55 Å². The first-order chi connectivity index (χ1) is 15.1. The minimum atomic E-state index is -0.407. The van der Waals surface area contributed by atoms with Crippen LogP contribution in [0, 0.1) is 0 Å². The number of hydrogen-bond donors (Lipinski definition) is 0. The van der Waals surface area contributed by atoms with Crippen LogP contribution in [0.1, 0.15) is 17.3 Å². The second kappa shape index (κ2) is 7.40. The van der Waals surface area contributed by atoms with Gasteiger partial charge < -0.3 is 9.64 Å². The summed E-state index contributed by atoms with van der Waals surface area (Å²) in [6, 6.07) is 22.4. The second-order valence-corrected chi connectivity index (χ2v) is 7.57. The van der Waals surface area contributed by atoms with Gasteiger partial charge in [0.05, 0.1) is 29.6 Å². The lowest BCUT2D eigenvalue weighted by molar-refractivity contribution is -0.119. The third kappa shape index (κ3) is 2.99. The molecule has 0 radical (unpaired) electrons. The highest BCUT2D eigenvalue weighted by Crippen LogP contribution is 2.38. The monoisotopic (exact) mass is 411 g/mol. The number of carbonyl (C=O) groups is 1. The second-order valence-electron chi connectivity index (χ2n) is 7.57. The van der Waals surface area contributed by atoms with Gasteiger partial charge in [-0.15, -0.1) is 0 Å². The predicted molar refractivity (Wildman–Crippen MR) is 120 cm³/mol. The van der Waals surface area contributed by atoms with Crippen LogP contribution in [0.15, 0.2) is 77.6 Å². The quantitative estimate of drug-likeness (QED) is 0.514. The molecule has 1 amide bonds. The average Bonchev–Trinajstić information content (AvgIpc) is 3.04. The van der Waals surface area contributed by atoms with Crippen LogP contribution in [0.25, 0.3) is 16.6 Å². The minimum absolute atomic E-state index is 0.00446. The van der Waals surface area contributed by atoms with Crippen molar-refractivity contribution in [3.8, 4) is 11.4 Å². The Morgan fingerprint density at radius 2 is 1.58 bits per heavy atom. The van der Waals surface area contributed by atoms with Crippen LogP contribution in [0.5, 0.6) is 5.75 Å². The molecular weight excluding hydrogens is 390 g/mol. The number of fused-ring (bicyclic) bond motifs is 2. The number of nitrogens with zero attached hydrogens (tertiary/aromatic N) is 3. The number of para-hydroxylation sites is 4. The number of likely N-dealkylation sites (N-methyl/N-ethyl adjacent to an activating group) is 1.